The number of rotatable bonds is 56. The monoisotopic (exact) mass is 945 g/mol. The smallest absolute Gasteiger partial charge is 0.306 e. The molecule has 0 saturated heterocycles. The van der Waals surface area contributed by atoms with Crippen molar-refractivity contribution in [3.8, 4) is 0 Å². The second kappa shape index (κ2) is 56.7. The van der Waals surface area contributed by atoms with Crippen LogP contribution in [-0.2, 0) is 28.6 Å². The lowest BCUT2D eigenvalue weighted by Gasteiger charge is -2.18. The van der Waals surface area contributed by atoms with Gasteiger partial charge in [0.05, 0.1) is 0 Å². The first-order chi connectivity index (χ1) is 33.0. The Bertz CT molecular complexity index is 1040. The summed E-state index contributed by atoms with van der Waals surface area (Å²) in [5, 5.41) is 0. The number of hydrogen-bond acceptors (Lipinski definition) is 6. The molecule has 6 nitrogen and oxygen atoms in total. The van der Waals surface area contributed by atoms with Crippen molar-refractivity contribution in [3.05, 3.63) is 12.2 Å². The first-order valence-electron chi connectivity index (χ1n) is 30.2. The summed E-state index contributed by atoms with van der Waals surface area (Å²) in [6.07, 6.45) is 65.0. The Labute approximate surface area is 418 Å². The van der Waals surface area contributed by atoms with Crippen molar-refractivity contribution in [1.82, 2.24) is 0 Å². The molecule has 0 N–H and O–H groups in total. The fourth-order valence-corrected chi connectivity index (χ4v) is 9.21. The number of unbranched alkanes of at least 4 members (excludes halogenated alkanes) is 43. The molecule has 0 bridgehead atoms. The Morgan fingerprint density at radius 2 is 0.493 bits per heavy atom. The number of hydrogen-bond donors (Lipinski definition) is 0. The third-order valence-corrected chi connectivity index (χ3v) is 13.8. The van der Waals surface area contributed by atoms with Crippen LogP contribution in [0.3, 0.4) is 0 Å². The first-order valence-corrected chi connectivity index (χ1v) is 30.2. The van der Waals surface area contributed by atoms with E-state index in [0.29, 0.717) is 19.3 Å². The maximum atomic E-state index is 12.8. The lowest BCUT2D eigenvalue weighted by Crippen LogP contribution is -2.30. The highest BCUT2D eigenvalue weighted by atomic mass is 16.6. The molecule has 0 rings (SSSR count). The SMILES string of the molecule is CCCCCCCCCC/C=C\CCCCCCCCCCCCCC(=O)OCC(COC(=O)CCCCCCCCCCCCCC)OC(=O)CCCCCCCCCCCCCCCC. The standard InChI is InChI=1S/C61H116O6/c1-4-7-10-13-16-19-22-25-27-28-29-30-31-32-33-34-35-37-39-42-45-48-51-54-60(63)66-57-58(56-65-59(62)53-50-47-44-41-38-24-21-18-15-12-9-6-3)67-61(64)55-52-49-46-43-40-36-26-23-20-17-14-11-8-5-2/h28-29,58H,4-27,30-57H2,1-3H3/b29-28-. The number of carbonyl (C=O) groups excluding carboxylic acids is 3. The van der Waals surface area contributed by atoms with Gasteiger partial charge in [-0.2, -0.15) is 0 Å². The summed E-state index contributed by atoms with van der Waals surface area (Å²) in [5.41, 5.74) is 0. The fourth-order valence-electron chi connectivity index (χ4n) is 9.21. The molecule has 0 aliphatic carbocycles. The third kappa shape index (κ3) is 55.0. The lowest BCUT2D eigenvalue weighted by molar-refractivity contribution is -0.167. The van der Waals surface area contributed by atoms with E-state index in [1.165, 1.54) is 244 Å². The summed E-state index contributed by atoms with van der Waals surface area (Å²) in [6.45, 7) is 6.69. The van der Waals surface area contributed by atoms with Crippen LogP contribution in [0.1, 0.15) is 342 Å². The second-order valence-electron chi connectivity index (χ2n) is 20.6. The summed E-state index contributed by atoms with van der Waals surface area (Å²) in [5.74, 6) is -0.840. The number of allylic oxidation sites excluding steroid dienone is 2. The van der Waals surface area contributed by atoms with E-state index >= 15 is 0 Å². The topological polar surface area (TPSA) is 78.9 Å². The van der Waals surface area contributed by atoms with Crippen LogP contribution in [0.2, 0.25) is 0 Å². The van der Waals surface area contributed by atoms with Crippen LogP contribution in [0.15, 0.2) is 12.2 Å². The predicted octanol–water partition coefficient (Wildman–Crippen LogP) is 20.1. The van der Waals surface area contributed by atoms with Crippen molar-refractivity contribution in [3.63, 3.8) is 0 Å². The molecule has 1 atom stereocenters. The van der Waals surface area contributed by atoms with E-state index in [9.17, 15) is 14.4 Å². The van der Waals surface area contributed by atoms with E-state index in [2.05, 4.69) is 32.9 Å². The Hall–Kier alpha value is -1.85. The largest absolute Gasteiger partial charge is 0.462 e. The summed E-state index contributed by atoms with van der Waals surface area (Å²) in [6, 6.07) is 0. The molecule has 0 aliphatic heterocycles. The van der Waals surface area contributed by atoms with E-state index in [0.717, 1.165) is 57.8 Å². The molecule has 0 radical (unpaired) electrons. The van der Waals surface area contributed by atoms with Gasteiger partial charge in [0.15, 0.2) is 6.10 Å². The van der Waals surface area contributed by atoms with Crippen LogP contribution < -0.4 is 0 Å². The Balaban J connectivity index is 4.21. The fraction of sp³-hybridized carbons (Fsp3) is 0.918. The van der Waals surface area contributed by atoms with Gasteiger partial charge in [-0.1, -0.05) is 290 Å². The lowest BCUT2D eigenvalue weighted by atomic mass is 10.0. The van der Waals surface area contributed by atoms with Gasteiger partial charge in [0.2, 0.25) is 0 Å². The van der Waals surface area contributed by atoms with Gasteiger partial charge in [0.25, 0.3) is 0 Å². The van der Waals surface area contributed by atoms with Gasteiger partial charge < -0.3 is 14.2 Å². The Kier molecular flexibility index (Phi) is 55.2. The van der Waals surface area contributed by atoms with Crippen molar-refractivity contribution in [1.29, 1.82) is 0 Å². The predicted molar refractivity (Wildman–Crippen MR) is 289 cm³/mol. The molecule has 0 spiro atoms. The van der Waals surface area contributed by atoms with E-state index in [1.54, 1.807) is 0 Å². The van der Waals surface area contributed by atoms with Crippen molar-refractivity contribution >= 4 is 17.9 Å². The first kappa shape index (κ1) is 65.1. The molecule has 0 fully saturated rings. The van der Waals surface area contributed by atoms with E-state index < -0.39 is 6.10 Å². The van der Waals surface area contributed by atoms with Crippen LogP contribution in [0.5, 0.6) is 0 Å². The molecule has 0 aliphatic rings. The maximum Gasteiger partial charge on any atom is 0.306 e. The van der Waals surface area contributed by atoms with Crippen LogP contribution in [-0.4, -0.2) is 37.2 Å². The third-order valence-electron chi connectivity index (χ3n) is 13.8. The van der Waals surface area contributed by atoms with E-state index in [-0.39, 0.29) is 31.1 Å². The maximum absolute atomic E-state index is 12.8. The number of carbonyl (C=O) groups is 3. The van der Waals surface area contributed by atoms with Crippen molar-refractivity contribution in [2.75, 3.05) is 13.2 Å². The minimum absolute atomic E-state index is 0.0639. The van der Waals surface area contributed by atoms with Crippen LogP contribution in [0.25, 0.3) is 0 Å². The average molecular weight is 946 g/mol. The zero-order chi connectivity index (χ0) is 48.6. The highest BCUT2D eigenvalue weighted by molar-refractivity contribution is 5.71. The minimum atomic E-state index is -0.764. The Morgan fingerprint density at radius 3 is 0.746 bits per heavy atom. The quantitative estimate of drug-likeness (QED) is 0.0262. The molecule has 1 unspecified atom stereocenters. The molecule has 0 saturated carbocycles. The molecule has 396 valence electrons. The molecule has 0 amide bonds. The van der Waals surface area contributed by atoms with Gasteiger partial charge in [0.1, 0.15) is 13.2 Å². The van der Waals surface area contributed by atoms with Crippen molar-refractivity contribution < 1.29 is 28.6 Å². The molecular weight excluding hydrogens is 829 g/mol. The van der Waals surface area contributed by atoms with Gasteiger partial charge in [0, 0.05) is 19.3 Å². The summed E-state index contributed by atoms with van der Waals surface area (Å²) >= 11 is 0. The van der Waals surface area contributed by atoms with Crippen molar-refractivity contribution in [2.24, 2.45) is 0 Å². The molecule has 0 aromatic heterocycles. The molecule has 0 aromatic rings. The van der Waals surface area contributed by atoms with Crippen LogP contribution >= 0.6 is 0 Å². The number of esters is 3. The van der Waals surface area contributed by atoms with Crippen LogP contribution in [0, 0.1) is 0 Å². The highest BCUT2D eigenvalue weighted by Gasteiger charge is 2.19. The zero-order valence-corrected chi connectivity index (χ0v) is 45.5. The molecule has 0 aromatic carbocycles. The van der Waals surface area contributed by atoms with Gasteiger partial charge in [-0.05, 0) is 44.9 Å². The van der Waals surface area contributed by atoms with Crippen molar-refractivity contribution in [2.45, 2.75) is 348 Å². The normalized spacial score (nSPS) is 12.0. The molecule has 0 heterocycles. The zero-order valence-electron chi connectivity index (χ0n) is 45.5. The number of ether oxygens (including phenoxy) is 3. The van der Waals surface area contributed by atoms with Gasteiger partial charge in [-0.15, -0.1) is 0 Å². The minimum Gasteiger partial charge on any atom is -0.462 e. The molecule has 67 heavy (non-hydrogen) atoms. The van der Waals surface area contributed by atoms with E-state index in [4.69, 9.17) is 14.2 Å². The summed E-state index contributed by atoms with van der Waals surface area (Å²) in [4.78, 5) is 38.1. The van der Waals surface area contributed by atoms with Gasteiger partial charge in [-0.3, -0.25) is 14.4 Å². The highest BCUT2D eigenvalue weighted by Crippen LogP contribution is 2.17. The van der Waals surface area contributed by atoms with Crippen LogP contribution in [0.4, 0.5) is 0 Å². The summed E-state index contributed by atoms with van der Waals surface area (Å²) in [7, 11) is 0. The van der Waals surface area contributed by atoms with E-state index in [1.807, 2.05) is 0 Å². The average Bonchev–Trinajstić information content (AvgIpc) is 3.33. The summed E-state index contributed by atoms with van der Waals surface area (Å²) < 4.78 is 16.9. The van der Waals surface area contributed by atoms with Gasteiger partial charge >= 0.3 is 17.9 Å². The molecule has 6 heteroatoms. The van der Waals surface area contributed by atoms with Gasteiger partial charge in [-0.25, -0.2) is 0 Å². The molecular formula is C61H116O6. The Morgan fingerprint density at radius 1 is 0.284 bits per heavy atom. The second-order valence-corrected chi connectivity index (χ2v) is 20.6.